The average Bonchev–Trinajstić information content (AvgIpc) is 2.88. The van der Waals surface area contributed by atoms with Crippen LogP contribution >= 0.6 is 11.8 Å². The molecule has 34 heavy (non-hydrogen) atoms. The maximum absolute atomic E-state index is 13.2. The monoisotopic (exact) mass is 471 g/mol. The van der Waals surface area contributed by atoms with E-state index < -0.39 is 17.9 Å². The predicted molar refractivity (Wildman–Crippen MR) is 133 cm³/mol. The zero-order chi connectivity index (χ0) is 23.9. The number of aromatic nitrogens is 2. The first-order chi connectivity index (χ1) is 16.6. The van der Waals surface area contributed by atoms with Crippen molar-refractivity contribution in [3.8, 4) is 0 Å². The average molecular weight is 472 g/mol. The number of aromatic amines is 1. The quantitative estimate of drug-likeness (QED) is 0.217. The molecular formula is C25H21N5O3S. The highest BCUT2D eigenvalue weighted by Gasteiger charge is 2.27. The number of fused-ring (bicyclic) bond motifs is 1. The first-order valence-corrected chi connectivity index (χ1v) is 11.6. The van der Waals surface area contributed by atoms with Crippen molar-refractivity contribution in [1.29, 1.82) is 0 Å². The van der Waals surface area contributed by atoms with Crippen molar-refractivity contribution < 1.29 is 9.59 Å². The summed E-state index contributed by atoms with van der Waals surface area (Å²) in [6.45, 7) is 0. The normalized spacial score (nSPS) is 11.9. The Morgan fingerprint density at radius 3 is 2.35 bits per heavy atom. The van der Waals surface area contributed by atoms with Crippen molar-refractivity contribution in [3.63, 3.8) is 0 Å². The number of hydrogen-bond acceptors (Lipinski definition) is 6. The Morgan fingerprint density at radius 2 is 1.65 bits per heavy atom. The number of carbonyl (C=O) groups excluding carboxylic acids is 2. The molecule has 0 saturated heterocycles. The van der Waals surface area contributed by atoms with Gasteiger partial charge in [-0.25, -0.2) is 10.5 Å². The molecule has 0 saturated carbocycles. The molecule has 0 fully saturated rings. The Kier molecular flexibility index (Phi) is 7.14. The van der Waals surface area contributed by atoms with Gasteiger partial charge in [0.15, 0.2) is 6.04 Å². The molecule has 0 unspecified atom stereocenters. The van der Waals surface area contributed by atoms with Crippen LogP contribution in [0.15, 0.2) is 93.7 Å². The van der Waals surface area contributed by atoms with Crippen LogP contribution in [0.25, 0.3) is 10.8 Å². The lowest BCUT2D eigenvalue weighted by Crippen LogP contribution is -2.40. The molecule has 0 aliphatic rings. The van der Waals surface area contributed by atoms with Gasteiger partial charge in [0, 0.05) is 15.8 Å². The summed E-state index contributed by atoms with van der Waals surface area (Å²) in [6.07, 6.45) is 3.50. The largest absolute Gasteiger partial charge is 0.335 e. The van der Waals surface area contributed by atoms with Gasteiger partial charge in [0.25, 0.3) is 17.4 Å². The highest BCUT2D eigenvalue weighted by molar-refractivity contribution is 7.98. The summed E-state index contributed by atoms with van der Waals surface area (Å²) in [5.41, 5.74) is 3.47. The van der Waals surface area contributed by atoms with Crippen LogP contribution in [0.3, 0.4) is 0 Å². The van der Waals surface area contributed by atoms with Crippen LogP contribution in [0.4, 0.5) is 0 Å². The van der Waals surface area contributed by atoms with E-state index in [1.165, 1.54) is 6.21 Å². The number of hydrazone groups is 1. The Morgan fingerprint density at radius 1 is 0.971 bits per heavy atom. The summed E-state index contributed by atoms with van der Waals surface area (Å²) < 4.78 is 0. The van der Waals surface area contributed by atoms with E-state index >= 15 is 0 Å². The van der Waals surface area contributed by atoms with E-state index in [0.29, 0.717) is 16.3 Å². The number of amides is 2. The van der Waals surface area contributed by atoms with Gasteiger partial charge >= 0.3 is 0 Å². The van der Waals surface area contributed by atoms with E-state index in [-0.39, 0.29) is 11.3 Å². The molecule has 0 aliphatic heterocycles. The Balaban J connectivity index is 1.64. The summed E-state index contributed by atoms with van der Waals surface area (Å²) >= 11 is 1.63. The molecule has 1 aromatic heterocycles. The van der Waals surface area contributed by atoms with Gasteiger partial charge in [0.2, 0.25) is 0 Å². The van der Waals surface area contributed by atoms with Crippen LogP contribution in [0.5, 0.6) is 0 Å². The summed E-state index contributed by atoms with van der Waals surface area (Å²) in [5.74, 6) is -1.07. The van der Waals surface area contributed by atoms with Gasteiger partial charge < -0.3 is 5.32 Å². The second kappa shape index (κ2) is 10.6. The van der Waals surface area contributed by atoms with Gasteiger partial charge in [-0.3, -0.25) is 14.4 Å². The number of rotatable bonds is 7. The molecule has 170 valence electrons. The third-order valence-electron chi connectivity index (χ3n) is 5.08. The first kappa shape index (κ1) is 22.9. The number of carbonyl (C=O) groups is 2. The first-order valence-electron chi connectivity index (χ1n) is 10.4. The second-order valence-electron chi connectivity index (χ2n) is 7.26. The Bertz CT molecular complexity index is 1400. The van der Waals surface area contributed by atoms with Crippen LogP contribution in [-0.4, -0.2) is 34.5 Å². The molecule has 9 heteroatoms. The van der Waals surface area contributed by atoms with Crippen molar-refractivity contribution in [2.24, 2.45) is 5.10 Å². The molecule has 1 atom stereocenters. The van der Waals surface area contributed by atoms with Gasteiger partial charge in [-0.15, -0.1) is 11.8 Å². The van der Waals surface area contributed by atoms with Gasteiger partial charge in [0.1, 0.15) is 5.69 Å². The number of benzene rings is 3. The smallest absolute Gasteiger partial charge is 0.272 e. The number of thioether (sulfide) groups is 1. The lowest BCUT2D eigenvalue weighted by molar-refractivity contribution is -0.123. The Hall–Kier alpha value is -4.24. The summed E-state index contributed by atoms with van der Waals surface area (Å²) in [5, 5.41) is 14.1. The van der Waals surface area contributed by atoms with E-state index in [1.807, 2.05) is 30.5 Å². The molecule has 2 amide bonds. The fraction of sp³-hybridized carbons (Fsp3) is 0.0800. The summed E-state index contributed by atoms with van der Waals surface area (Å²) in [6, 6.07) is 21.7. The third kappa shape index (κ3) is 5.21. The zero-order valence-electron chi connectivity index (χ0n) is 18.2. The van der Waals surface area contributed by atoms with E-state index in [9.17, 15) is 14.4 Å². The van der Waals surface area contributed by atoms with Gasteiger partial charge in [-0.05, 0) is 42.2 Å². The minimum atomic E-state index is -1.20. The maximum atomic E-state index is 13.2. The molecule has 4 rings (SSSR count). The fourth-order valence-corrected chi connectivity index (χ4v) is 3.75. The zero-order valence-corrected chi connectivity index (χ0v) is 19.0. The second-order valence-corrected chi connectivity index (χ2v) is 8.14. The molecule has 0 radical (unpaired) electrons. The van der Waals surface area contributed by atoms with E-state index in [2.05, 4.69) is 26.0 Å². The van der Waals surface area contributed by atoms with Crippen molar-refractivity contribution in [1.82, 2.24) is 20.9 Å². The number of nitrogens with one attached hydrogen (secondary N) is 3. The molecule has 0 bridgehead atoms. The molecule has 1 heterocycles. The number of nitrogens with zero attached hydrogens (tertiary/aromatic N) is 2. The van der Waals surface area contributed by atoms with Crippen molar-refractivity contribution in [3.05, 3.63) is 106 Å². The summed E-state index contributed by atoms with van der Waals surface area (Å²) in [7, 11) is 0. The molecule has 0 aliphatic carbocycles. The van der Waals surface area contributed by atoms with Gasteiger partial charge in [-0.1, -0.05) is 48.5 Å². The molecular weight excluding hydrogens is 450 g/mol. The summed E-state index contributed by atoms with van der Waals surface area (Å²) in [4.78, 5) is 39.3. The number of hydrogen-bond donors (Lipinski definition) is 3. The van der Waals surface area contributed by atoms with Crippen LogP contribution in [-0.2, 0) is 4.79 Å². The SMILES string of the molecule is CSc1ccc(/C=N\NC(=O)[C@H](NC(=O)c2ccccc2)c2n[nH]c(=O)c3ccccc23)cc1. The lowest BCUT2D eigenvalue weighted by Gasteiger charge is -2.18. The van der Waals surface area contributed by atoms with Crippen LogP contribution in [0, 0.1) is 0 Å². The van der Waals surface area contributed by atoms with Gasteiger partial charge in [0.05, 0.1) is 11.6 Å². The third-order valence-corrected chi connectivity index (χ3v) is 5.82. The van der Waals surface area contributed by atoms with Crippen LogP contribution < -0.4 is 16.3 Å². The standard InChI is InChI=1S/C25H21N5O3S/c1-34-18-13-11-16(12-14-18)15-26-29-25(33)22(27-23(31)17-7-3-2-4-8-17)21-19-9-5-6-10-20(19)24(32)30-28-21/h2-15,22H,1H3,(H,27,31)(H,29,33)(H,30,32)/b26-15-/t22-/m1/s1. The van der Waals surface area contributed by atoms with E-state index in [4.69, 9.17) is 0 Å². The minimum absolute atomic E-state index is 0.205. The van der Waals surface area contributed by atoms with Crippen LogP contribution in [0.2, 0.25) is 0 Å². The van der Waals surface area contributed by atoms with Crippen molar-refractivity contribution in [2.45, 2.75) is 10.9 Å². The highest BCUT2D eigenvalue weighted by Crippen LogP contribution is 2.20. The van der Waals surface area contributed by atoms with Gasteiger partial charge in [-0.2, -0.15) is 10.2 Å². The Labute approximate surface area is 199 Å². The molecule has 8 nitrogen and oxygen atoms in total. The van der Waals surface area contributed by atoms with Crippen LogP contribution in [0.1, 0.15) is 27.7 Å². The van der Waals surface area contributed by atoms with Crippen molar-refractivity contribution in [2.75, 3.05) is 6.26 Å². The fourth-order valence-electron chi connectivity index (χ4n) is 3.34. The van der Waals surface area contributed by atoms with E-state index in [1.54, 1.807) is 66.4 Å². The maximum Gasteiger partial charge on any atom is 0.272 e. The predicted octanol–water partition coefficient (Wildman–Crippen LogP) is 3.27. The van der Waals surface area contributed by atoms with Crippen molar-refractivity contribution >= 4 is 40.6 Å². The molecule has 3 aromatic carbocycles. The minimum Gasteiger partial charge on any atom is -0.335 e. The molecule has 0 spiro atoms. The van der Waals surface area contributed by atoms with E-state index in [0.717, 1.165) is 10.5 Å². The number of H-pyrrole nitrogens is 1. The lowest BCUT2D eigenvalue weighted by atomic mass is 10.0. The molecule has 4 aromatic rings. The highest BCUT2D eigenvalue weighted by atomic mass is 32.2. The topological polar surface area (TPSA) is 116 Å². The molecule has 3 N–H and O–H groups in total.